The van der Waals surface area contributed by atoms with Gasteiger partial charge in [0, 0.05) is 19.6 Å². The van der Waals surface area contributed by atoms with E-state index >= 15 is 0 Å². The van der Waals surface area contributed by atoms with Gasteiger partial charge >= 0.3 is 12.2 Å². The van der Waals surface area contributed by atoms with E-state index in [1.54, 1.807) is 7.05 Å². The number of nitrogens with zero attached hydrogens (tertiary/aromatic N) is 1. The molecular formula is C17H23F3N2O. The quantitative estimate of drug-likeness (QED) is 0.883. The Balaban J connectivity index is 1.86. The molecule has 3 nitrogen and oxygen atoms in total. The number of aryl methyl sites for hydroxylation is 1. The lowest BCUT2D eigenvalue weighted by molar-refractivity contribution is -0.183. The van der Waals surface area contributed by atoms with Crippen LogP contribution in [-0.4, -0.2) is 30.2 Å². The zero-order chi connectivity index (χ0) is 17.0. The van der Waals surface area contributed by atoms with E-state index in [9.17, 15) is 18.0 Å². The minimum atomic E-state index is -4.17. The zero-order valence-corrected chi connectivity index (χ0v) is 13.5. The summed E-state index contributed by atoms with van der Waals surface area (Å²) in [6.45, 7) is 2.42. The van der Waals surface area contributed by atoms with Crippen LogP contribution < -0.4 is 5.32 Å². The van der Waals surface area contributed by atoms with Crippen LogP contribution in [0.25, 0.3) is 0 Å². The highest BCUT2D eigenvalue weighted by molar-refractivity contribution is 5.74. The minimum absolute atomic E-state index is 0.0202. The summed E-state index contributed by atoms with van der Waals surface area (Å²) in [5.41, 5.74) is 2.13. The van der Waals surface area contributed by atoms with Crippen molar-refractivity contribution in [2.24, 2.45) is 5.92 Å². The van der Waals surface area contributed by atoms with Gasteiger partial charge in [-0.05, 0) is 31.7 Å². The summed E-state index contributed by atoms with van der Waals surface area (Å²) >= 11 is 0. The molecule has 0 heterocycles. The van der Waals surface area contributed by atoms with E-state index < -0.39 is 18.1 Å². The van der Waals surface area contributed by atoms with E-state index in [2.05, 4.69) is 5.32 Å². The van der Waals surface area contributed by atoms with Crippen LogP contribution in [0.2, 0.25) is 0 Å². The summed E-state index contributed by atoms with van der Waals surface area (Å²) < 4.78 is 38.4. The summed E-state index contributed by atoms with van der Waals surface area (Å²) in [5.74, 6) is -1.30. The Labute approximate surface area is 134 Å². The van der Waals surface area contributed by atoms with Crippen molar-refractivity contribution in [1.82, 2.24) is 10.2 Å². The van der Waals surface area contributed by atoms with Crippen molar-refractivity contribution in [3.8, 4) is 0 Å². The topological polar surface area (TPSA) is 32.3 Å². The van der Waals surface area contributed by atoms with Gasteiger partial charge in [0.2, 0.25) is 0 Å². The second kappa shape index (κ2) is 7.23. The maximum Gasteiger partial charge on any atom is 0.391 e. The van der Waals surface area contributed by atoms with Crippen molar-refractivity contribution < 1.29 is 18.0 Å². The van der Waals surface area contributed by atoms with Crippen LogP contribution >= 0.6 is 0 Å². The van der Waals surface area contributed by atoms with Crippen LogP contribution in [0.1, 0.15) is 36.8 Å². The average molecular weight is 328 g/mol. The van der Waals surface area contributed by atoms with Crippen LogP contribution in [0.4, 0.5) is 18.0 Å². The maximum absolute atomic E-state index is 12.8. The lowest BCUT2D eigenvalue weighted by Crippen LogP contribution is -2.46. The van der Waals surface area contributed by atoms with E-state index in [0.29, 0.717) is 19.4 Å². The minimum Gasteiger partial charge on any atom is -0.335 e. The molecule has 0 radical (unpaired) electrons. The first-order chi connectivity index (χ1) is 10.8. The smallest absolute Gasteiger partial charge is 0.335 e. The Morgan fingerprint density at radius 3 is 2.52 bits per heavy atom. The molecule has 0 spiro atoms. The molecule has 1 fully saturated rings. The molecule has 1 aromatic carbocycles. The van der Waals surface area contributed by atoms with Crippen LogP contribution in [0, 0.1) is 12.8 Å². The highest BCUT2D eigenvalue weighted by atomic mass is 19.4. The predicted octanol–water partition coefficient (Wildman–Crippen LogP) is 4.26. The third-order valence-electron chi connectivity index (χ3n) is 4.35. The molecule has 128 valence electrons. The summed E-state index contributed by atoms with van der Waals surface area (Å²) in [5, 5.41) is 2.74. The number of benzene rings is 1. The molecule has 2 rings (SSSR count). The molecule has 2 unspecified atom stereocenters. The Morgan fingerprint density at radius 1 is 1.26 bits per heavy atom. The number of rotatable bonds is 3. The van der Waals surface area contributed by atoms with E-state index in [0.717, 1.165) is 11.1 Å². The van der Waals surface area contributed by atoms with E-state index in [-0.39, 0.29) is 18.9 Å². The molecule has 1 aromatic rings. The van der Waals surface area contributed by atoms with Crippen molar-refractivity contribution in [3.63, 3.8) is 0 Å². The van der Waals surface area contributed by atoms with Gasteiger partial charge in [0.15, 0.2) is 0 Å². The normalized spacial score (nSPS) is 21.8. The molecule has 6 heteroatoms. The first kappa shape index (κ1) is 17.6. The summed E-state index contributed by atoms with van der Waals surface area (Å²) in [6, 6.07) is 7.10. The van der Waals surface area contributed by atoms with Crippen LogP contribution in [0.3, 0.4) is 0 Å². The van der Waals surface area contributed by atoms with Crippen LogP contribution in [0.15, 0.2) is 24.3 Å². The number of hydrogen-bond acceptors (Lipinski definition) is 1. The predicted molar refractivity (Wildman–Crippen MR) is 83.0 cm³/mol. The molecule has 1 aliphatic carbocycles. The van der Waals surface area contributed by atoms with Crippen molar-refractivity contribution >= 4 is 6.03 Å². The molecule has 0 aliphatic heterocycles. The van der Waals surface area contributed by atoms with Gasteiger partial charge in [-0.2, -0.15) is 13.2 Å². The van der Waals surface area contributed by atoms with Crippen molar-refractivity contribution in [2.45, 2.75) is 51.4 Å². The summed E-state index contributed by atoms with van der Waals surface area (Å²) in [4.78, 5) is 13.7. The summed E-state index contributed by atoms with van der Waals surface area (Å²) in [7, 11) is 1.65. The van der Waals surface area contributed by atoms with Gasteiger partial charge < -0.3 is 10.2 Å². The Bertz CT molecular complexity index is 528. The molecule has 2 amide bonds. The number of urea groups is 1. The number of amides is 2. The molecule has 0 bridgehead atoms. The Hall–Kier alpha value is -1.72. The highest BCUT2D eigenvalue weighted by Gasteiger charge is 2.42. The number of carbonyl (C=O) groups is 1. The van der Waals surface area contributed by atoms with Crippen LogP contribution in [-0.2, 0) is 6.54 Å². The van der Waals surface area contributed by atoms with Crippen molar-refractivity contribution in [1.29, 1.82) is 0 Å². The van der Waals surface area contributed by atoms with Gasteiger partial charge in [-0.3, -0.25) is 0 Å². The monoisotopic (exact) mass is 328 g/mol. The third kappa shape index (κ3) is 5.15. The standard InChI is InChI=1S/C17H23F3N2O/c1-12-6-8-13(9-7-12)11-22(2)16(23)21-15-5-3-4-14(10-15)17(18,19)20/h6-9,14-15H,3-5,10-11H2,1-2H3,(H,21,23). The second-order valence-corrected chi connectivity index (χ2v) is 6.39. The number of alkyl halides is 3. The number of halogens is 3. The van der Waals surface area contributed by atoms with Crippen molar-refractivity contribution in [2.75, 3.05) is 7.05 Å². The first-order valence-corrected chi connectivity index (χ1v) is 7.89. The first-order valence-electron chi connectivity index (χ1n) is 7.89. The fourth-order valence-corrected chi connectivity index (χ4v) is 2.94. The molecule has 2 atom stereocenters. The number of nitrogens with one attached hydrogen (secondary N) is 1. The van der Waals surface area contributed by atoms with Gasteiger partial charge in [0.05, 0.1) is 5.92 Å². The SMILES string of the molecule is Cc1ccc(CN(C)C(=O)NC2CCCC(C(F)(F)F)C2)cc1. The van der Waals surface area contributed by atoms with Gasteiger partial charge in [-0.1, -0.05) is 36.2 Å². The molecule has 1 aliphatic rings. The van der Waals surface area contributed by atoms with Crippen molar-refractivity contribution in [3.05, 3.63) is 35.4 Å². The molecule has 0 saturated heterocycles. The highest BCUT2D eigenvalue weighted by Crippen LogP contribution is 2.37. The van der Waals surface area contributed by atoms with E-state index in [1.165, 1.54) is 4.90 Å². The Morgan fingerprint density at radius 2 is 1.91 bits per heavy atom. The van der Waals surface area contributed by atoms with Gasteiger partial charge in [-0.15, -0.1) is 0 Å². The molecule has 23 heavy (non-hydrogen) atoms. The second-order valence-electron chi connectivity index (χ2n) is 6.39. The lowest BCUT2D eigenvalue weighted by atomic mass is 9.85. The fraction of sp³-hybridized carbons (Fsp3) is 0.588. The average Bonchev–Trinajstić information content (AvgIpc) is 2.49. The summed E-state index contributed by atoms with van der Waals surface area (Å²) in [6.07, 6.45) is -2.92. The molecule has 0 aromatic heterocycles. The number of hydrogen-bond donors (Lipinski definition) is 1. The maximum atomic E-state index is 12.8. The molecular weight excluding hydrogens is 305 g/mol. The molecule has 1 saturated carbocycles. The molecule has 1 N–H and O–H groups in total. The van der Waals surface area contributed by atoms with E-state index in [1.807, 2.05) is 31.2 Å². The number of carbonyl (C=O) groups excluding carboxylic acids is 1. The third-order valence-corrected chi connectivity index (χ3v) is 4.35. The van der Waals surface area contributed by atoms with E-state index in [4.69, 9.17) is 0 Å². The fourth-order valence-electron chi connectivity index (χ4n) is 2.94. The van der Waals surface area contributed by atoms with Gasteiger partial charge in [0.25, 0.3) is 0 Å². The van der Waals surface area contributed by atoms with Gasteiger partial charge in [0.1, 0.15) is 0 Å². The van der Waals surface area contributed by atoms with Crippen LogP contribution in [0.5, 0.6) is 0 Å². The zero-order valence-electron chi connectivity index (χ0n) is 13.5. The lowest BCUT2D eigenvalue weighted by Gasteiger charge is -2.32. The largest absolute Gasteiger partial charge is 0.391 e. The van der Waals surface area contributed by atoms with Gasteiger partial charge in [-0.25, -0.2) is 4.79 Å². The Kier molecular flexibility index (Phi) is 5.55.